The van der Waals surface area contributed by atoms with E-state index in [1.165, 1.54) is 92.1 Å². The summed E-state index contributed by atoms with van der Waals surface area (Å²) >= 11 is 0. The molecule has 0 spiro atoms. The first-order valence-electron chi connectivity index (χ1n) is 15.0. The monoisotopic (exact) mass is 543 g/mol. The highest BCUT2D eigenvalue weighted by Crippen LogP contribution is 2.44. The fourth-order valence-corrected chi connectivity index (χ4v) is 7.67. The molecule has 1 aromatic heterocycles. The lowest BCUT2D eigenvalue weighted by Gasteiger charge is -2.16. The number of benzene rings is 9. The minimum absolute atomic E-state index is 1.18. The zero-order valence-corrected chi connectivity index (χ0v) is 23.4. The van der Waals surface area contributed by atoms with E-state index in [1.54, 1.807) is 0 Å². The van der Waals surface area contributed by atoms with Crippen LogP contribution in [0.25, 0.3) is 92.1 Å². The zero-order valence-electron chi connectivity index (χ0n) is 23.4. The molecule has 10 aromatic rings. The number of hydrogen-bond donors (Lipinski definition) is 0. The average Bonchev–Trinajstić information content (AvgIpc) is 3.41. The van der Waals surface area contributed by atoms with Crippen molar-refractivity contribution in [3.05, 3.63) is 152 Å². The maximum absolute atomic E-state index is 2.47. The summed E-state index contributed by atoms with van der Waals surface area (Å²) in [5, 5.41) is 18.2. The molecule has 1 heteroatoms. The third-order valence-electron chi connectivity index (χ3n) is 9.51. The topological polar surface area (TPSA) is 4.93 Å². The molecule has 1 heterocycles. The second-order valence-electron chi connectivity index (χ2n) is 11.7. The maximum atomic E-state index is 2.47. The Bertz CT molecular complexity index is 2770. The van der Waals surface area contributed by atoms with Crippen molar-refractivity contribution in [3.63, 3.8) is 0 Å². The lowest BCUT2D eigenvalue weighted by Crippen LogP contribution is -1.93. The SMILES string of the molecule is c1ccc(-n2c3ccccc3c3cc4c5cc6c7ccccc7c7ccccc7c6cc5c5ccccc5c4cc32)cc1. The molecule has 0 radical (unpaired) electrons. The number of rotatable bonds is 1. The van der Waals surface area contributed by atoms with Gasteiger partial charge in [0.15, 0.2) is 0 Å². The number of para-hydroxylation sites is 2. The Morgan fingerprint density at radius 1 is 0.233 bits per heavy atom. The molecule has 0 aliphatic heterocycles. The van der Waals surface area contributed by atoms with Gasteiger partial charge in [-0.05, 0) is 107 Å². The van der Waals surface area contributed by atoms with Crippen LogP contribution in [0.1, 0.15) is 0 Å². The second kappa shape index (κ2) is 8.44. The van der Waals surface area contributed by atoms with Crippen LogP contribution >= 0.6 is 0 Å². The molecule has 9 aromatic carbocycles. The highest BCUT2D eigenvalue weighted by molar-refractivity contribution is 6.34. The summed E-state index contributed by atoms with van der Waals surface area (Å²) in [6.07, 6.45) is 0. The molecule has 1 nitrogen and oxygen atoms in total. The molecule has 0 aliphatic carbocycles. The Hall–Kier alpha value is -5.66. The Labute approximate surface area is 247 Å². The lowest BCUT2D eigenvalue weighted by molar-refractivity contribution is 1.18. The summed E-state index contributed by atoms with van der Waals surface area (Å²) in [6.45, 7) is 0. The Balaban J connectivity index is 1.46. The van der Waals surface area contributed by atoms with Crippen molar-refractivity contribution in [1.29, 1.82) is 0 Å². The summed E-state index contributed by atoms with van der Waals surface area (Å²) in [6, 6.07) is 56.0. The molecule has 198 valence electrons. The molecule has 0 saturated heterocycles. The van der Waals surface area contributed by atoms with Gasteiger partial charge in [0.2, 0.25) is 0 Å². The van der Waals surface area contributed by atoms with Gasteiger partial charge < -0.3 is 4.57 Å². The van der Waals surface area contributed by atoms with E-state index in [1.807, 2.05) is 0 Å². The van der Waals surface area contributed by atoms with Gasteiger partial charge in [0.05, 0.1) is 11.0 Å². The molecule has 0 fully saturated rings. The number of nitrogens with zero attached hydrogens (tertiary/aromatic N) is 1. The molecule has 0 unspecified atom stereocenters. The molecule has 0 N–H and O–H groups in total. The van der Waals surface area contributed by atoms with Gasteiger partial charge in [-0.15, -0.1) is 0 Å². The van der Waals surface area contributed by atoms with Gasteiger partial charge in [-0.3, -0.25) is 0 Å². The number of aromatic nitrogens is 1. The first-order chi connectivity index (χ1) is 21.3. The van der Waals surface area contributed by atoms with Crippen molar-refractivity contribution in [1.82, 2.24) is 4.57 Å². The number of fused-ring (bicyclic) bond motifs is 15. The average molecular weight is 544 g/mol. The first kappa shape index (κ1) is 23.0. The van der Waals surface area contributed by atoms with Crippen molar-refractivity contribution in [3.8, 4) is 5.69 Å². The summed E-state index contributed by atoms with van der Waals surface area (Å²) in [7, 11) is 0. The van der Waals surface area contributed by atoms with E-state index in [2.05, 4.69) is 156 Å². The summed E-state index contributed by atoms with van der Waals surface area (Å²) < 4.78 is 2.42. The minimum atomic E-state index is 1.18. The van der Waals surface area contributed by atoms with Crippen LogP contribution in [0, 0.1) is 0 Å². The Kier molecular flexibility index (Phi) is 4.51. The fourth-order valence-electron chi connectivity index (χ4n) is 7.67. The van der Waals surface area contributed by atoms with Gasteiger partial charge in [-0.2, -0.15) is 0 Å². The van der Waals surface area contributed by atoms with Crippen LogP contribution in [0.15, 0.2) is 152 Å². The quantitative estimate of drug-likeness (QED) is 0.143. The lowest BCUT2D eigenvalue weighted by atomic mass is 9.88. The van der Waals surface area contributed by atoms with E-state index in [9.17, 15) is 0 Å². The molecule has 0 atom stereocenters. The van der Waals surface area contributed by atoms with Crippen molar-refractivity contribution < 1.29 is 0 Å². The van der Waals surface area contributed by atoms with Crippen LogP contribution in [-0.4, -0.2) is 4.57 Å². The predicted molar refractivity (Wildman–Crippen MR) is 186 cm³/mol. The molecule has 0 aliphatic rings. The van der Waals surface area contributed by atoms with E-state index >= 15 is 0 Å². The van der Waals surface area contributed by atoms with Crippen molar-refractivity contribution >= 4 is 86.4 Å². The van der Waals surface area contributed by atoms with Crippen LogP contribution in [0.2, 0.25) is 0 Å². The molecular formula is C42H25N. The van der Waals surface area contributed by atoms with E-state index in [-0.39, 0.29) is 0 Å². The summed E-state index contributed by atoms with van der Waals surface area (Å²) in [5.74, 6) is 0. The minimum Gasteiger partial charge on any atom is -0.309 e. The van der Waals surface area contributed by atoms with Crippen molar-refractivity contribution in [2.75, 3.05) is 0 Å². The van der Waals surface area contributed by atoms with E-state index < -0.39 is 0 Å². The van der Waals surface area contributed by atoms with Gasteiger partial charge in [0, 0.05) is 16.5 Å². The van der Waals surface area contributed by atoms with Crippen LogP contribution < -0.4 is 0 Å². The fraction of sp³-hybridized carbons (Fsp3) is 0. The van der Waals surface area contributed by atoms with Crippen LogP contribution in [0.5, 0.6) is 0 Å². The Morgan fingerprint density at radius 3 is 1.09 bits per heavy atom. The first-order valence-corrected chi connectivity index (χ1v) is 15.0. The van der Waals surface area contributed by atoms with Gasteiger partial charge >= 0.3 is 0 Å². The van der Waals surface area contributed by atoms with Gasteiger partial charge in [0.1, 0.15) is 0 Å². The van der Waals surface area contributed by atoms with Crippen LogP contribution in [0.3, 0.4) is 0 Å². The smallest absolute Gasteiger partial charge is 0.0547 e. The summed E-state index contributed by atoms with van der Waals surface area (Å²) in [5.41, 5.74) is 3.65. The summed E-state index contributed by atoms with van der Waals surface area (Å²) in [4.78, 5) is 0. The zero-order chi connectivity index (χ0) is 28.1. The third kappa shape index (κ3) is 3.06. The van der Waals surface area contributed by atoms with Gasteiger partial charge in [0.25, 0.3) is 0 Å². The maximum Gasteiger partial charge on any atom is 0.0547 e. The third-order valence-corrected chi connectivity index (χ3v) is 9.51. The molecular weight excluding hydrogens is 518 g/mol. The molecule has 0 bridgehead atoms. The van der Waals surface area contributed by atoms with E-state index in [4.69, 9.17) is 0 Å². The second-order valence-corrected chi connectivity index (χ2v) is 11.7. The number of hydrogen-bond acceptors (Lipinski definition) is 0. The van der Waals surface area contributed by atoms with E-state index in [0.717, 1.165) is 0 Å². The molecule has 10 rings (SSSR count). The van der Waals surface area contributed by atoms with Gasteiger partial charge in [-0.25, -0.2) is 0 Å². The van der Waals surface area contributed by atoms with Crippen LogP contribution in [-0.2, 0) is 0 Å². The highest BCUT2D eigenvalue weighted by Gasteiger charge is 2.18. The largest absolute Gasteiger partial charge is 0.309 e. The predicted octanol–water partition coefficient (Wildman–Crippen LogP) is 11.7. The van der Waals surface area contributed by atoms with Crippen LogP contribution in [0.4, 0.5) is 0 Å². The van der Waals surface area contributed by atoms with E-state index in [0.29, 0.717) is 0 Å². The Morgan fingerprint density at radius 2 is 0.581 bits per heavy atom. The normalized spacial score (nSPS) is 12.2. The van der Waals surface area contributed by atoms with Crippen molar-refractivity contribution in [2.24, 2.45) is 0 Å². The molecule has 0 amide bonds. The van der Waals surface area contributed by atoms with Crippen molar-refractivity contribution in [2.45, 2.75) is 0 Å². The van der Waals surface area contributed by atoms with Gasteiger partial charge in [-0.1, -0.05) is 109 Å². The standard InChI is InChI=1S/C42H25N/c1-2-12-26(13-3-1)43-41-21-11-10-20-33(41)40-24-38-37-23-35-30-17-7-5-15-28(30)27-14-4-6-16-29(27)34(35)22-36(37)31-18-8-9-19-32(31)39(38)25-42(40)43/h1-25H. The molecule has 0 saturated carbocycles. The highest BCUT2D eigenvalue weighted by atomic mass is 15.0. The molecule has 43 heavy (non-hydrogen) atoms.